The van der Waals surface area contributed by atoms with E-state index >= 15 is 0 Å². The van der Waals surface area contributed by atoms with E-state index in [1.54, 1.807) is 11.3 Å². The van der Waals surface area contributed by atoms with Gasteiger partial charge in [0.05, 0.1) is 5.69 Å². The molecule has 3 aromatic rings. The summed E-state index contributed by atoms with van der Waals surface area (Å²) in [5.41, 5.74) is 6.48. The summed E-state index contributed by atoms with van der Waals surface area (Å²) in [6.07, 6.45) is 3.40. The molecule has 0 radical (unpaired) electrons. The van der Waals surface area contributed by atoms with E-state index in [1.165, 1.54) is 24.0 Å². The molecule has 3 aromatic heterocycles. The molecule has 0 aromatic carbocycles. The van der Waals surface area contributed by atoms with Crippen LogP contribution in [0, 0.1) is 0 Å². The van der Waals surface area contributed by atoms with Crippen LogP contribution in [0.4, 0.5) is 0 Å². The number of H-pyrrole nitrogens is 1. The summed E-state index contributed by atoms with van der Waals surface area (Å²) in [7, 11) is 0. The van der Waals surface area contributed by atoms with Gasteiger partial charge in [-0.2, -0.15) is 0 Å². The zero-order chi connectivity index (χ0) is 12.5. The van der Waals surface area contributed by atoms with Gasteiger partial charge in [0.1, 0.15) is 5.03 Å². The molecule has 92 valence electrons. The Kier molecular flexibility index (Phi) is 2.90. The maximum absolute atomic E-state index is 11.2. The summed E-state index contributed by atoms with van der Waals surface area (Å²) in [6.45, 7) is 0.386. The molecule has 0 atom stereocenters. The normalized spacial score (nSPS) is 11.2. The van der Waals surface area contributed by atoms with E-state index in [1.807, 2.05) is 16.0 Å². The number of nitrogens with one attached hydrogen (secondary N) is 1. The van der Waals surface area contributed by atoms with Crippen molar-refractivity contribution in [1.82, 2.24) is 19.4 Å². The Hall–Kier alpha value is -1.64. The molecule has 0 unspecified atom stereocenters. The second-order valence-corrected chi connectivity index (χ2v) is 5.32. The fourth-order valence-electron chi connectivity index (χ4n) is 1.58. The van der Waals surface area contributed by atoms with Gasteiger partial charge in [0.2, 0.25) is 0 Å². The molecule has 0 aliphatic rings. The van der Waals surface area contributed by atoms with Crippen LogP contribution in [-0.2, 0) is 6.54 Å². The maximum Gasteiger partial charge on any atom is 0.251 e. The van der Waals surface area contributed by atoms with Crippen molar-refractivity contribution in [3.8, 4) is 0 Å². The molecule has 0 amide bonds. The van der Waals surface area contributed by atoms with Crippen LogP contribution < -0.4 is 11.3 Å². The monoisotopic (exact) mass is 279 g/mol. The van der Waals surface area contributed by atoms with Gasteiger partial charge in [0.15, 0.2) is 10.1 Å². The number of hydrogen-bond acceptors (Lipinski definition) is 6. The van der Waals surface area contributed by atoms with E-state index < -0.39 is 0 Å². The van der Waals surface area contributed by atoms with E-state index in [-0.39, 0.29) is 5.56 Å². The predicted octanol–water partition coefficient (Wildman–Crippen LogP) is 1.09. The molecular formula is C10H9N5OS2. The average Bonchev–Trinajstić information content (AvgIpc) is 2.89. The molecule has 0 bridgehead atoms. The first kappa shape index (κ1) is 11.5. The number of imidazole rings is 1. The highest BCUT2D eigenvalue weighted by Crippen LogP contribution is 2.28. The van der Waals surface area contributed by atoms with E-state index in [4.69, 9.17) is 5.73 Å². The van der Waals surface area contributed by atoms with Crippen molar-refractivity contribution < 1.29 is 0 Å². The number of thiazole rings is 1. The molecule has 0 fully saturated rings. The van der Waals surface area contributed by atoms with Crippen molar-refractivity contribution in [1.29, 1.82) is 0 Å². The van der Waals surface area contributed by atoms with Gasteiger partial charge in [-0.1, -0.05) is 0 Å². The fourth-order valence-corrected chi connectivity index (χ4v) is 3.25. The van der Waals surface area contributed by atoms with Crippen LogP contribution in [0.15, 0.2) is 38.8 Å². The number of aromatic nitrogens is 4. The third kappa shape index (κ3) is 1.94. The second-order valence-electron chi connectivity index (χ2n) is 3.46. The fraction of sp³-hybridized carbons (Fsp3) is 0.100. The van der Waals surface area contributed by atoms with Crippen LogP contribution in [0.1, 0.15) is 5.69 Å². The largest absolute Gasteiger partial charge is 0.325 e. The van der Waals surface area contributed by atoms with Gasteiger partial charge in [-0.05, 0) is 11.8 Å². The first-order valence-electron chi connectivity index (χ1n) is 5.15. The molecule has 0 saturated heterocycles. The molecule has 3 rings (SSSR count). The average molecular weight is 279 g/mol. The lowest BCUT2D eigenvalue weighted by Gasteiger charge is -1.99. The summed E-state index contributed by atoms with van der Waals surface area (Å²) in [5, 5.41) is 3.25. The van der Waals surface area contributed by atoms with Crippen molar-refractivity contribution in [2.45, 2.75) is 16.7 Å². The van der Waals surface area contributed by atoms with Gasteiger partial charge in [-0.25, -0.2) is 9.97 Å². The summed E-state index contributed by atoms with van der Waals surface area (Å²) >= 11 is 2.85. The van der Waals surface area contributed by atoms with Gasteiger partial charge in [-0.3, -0.25) is 9.20 Å². The third-order valence-corrected chi connectivity index (χ3v) is 4.04. The topological polar surface area (TPSA) is 89.1 Å². The SMILES string of the molecule is NCc1c(Sc2nccc(=O)[nH]2)nc2sccn12. The highest BCUT2D eigenvalue weighted by molar-refractivity contribution is 7.99. The number of aromatic amines is 1. The lowest BCUT2D eigenvalue weighted by Crippen LogP contribution is -2.06. The zero-order valence-corrected chi connectivity index (χ0v) is 10.8. The number of fused-ring (bicyclic) bond motifs is 1. The third-order valence-electron chi connectivity index (χ3n) is 2.36. The molecule has 0 aliphatic carbocycles. The standard InChI is InChI=1S/C10H9N5OS2/c11-5-6-8(14-10-15(6)3-4-17-10)18-9-12-2-1-7(16)13-9/h1-4H,5,11H2,(H,12,13,16). The minimum absolute atomic E-state index is 0.178. The Bertz CT molecular complexity index is 744. The van der Waals surface area contributed by atoms with Gasteiger partial charge in [0, 0.05) is 30.4 Å². The van der Waals surface area contributed by atoms with Crippen LogP contribution in [0.5, 0.6) is 0 Å². The van der Waals surface area contributed by atoms with Crippen LogP contribution in [0.3, 0.4) is 0 Å². The van der Waals surface area contributed by atoms with Crippen LogP contribution in [-0.4, -0.2) is 19.4 Å². The Morgan fingerprint density at radius 2 is 2.44 bits per heavy atom. The van der Waals surface area contributed by atoms with E-state index in [2.05, 4.69) is 15.0 Å². The summed E-state index contributed by atoms with van der Waals surface area (Å²) in [4.78, 5) is 23.3. The predicted molar refractivity (Wildman–Crippen MR) is 69.9 cm³/mol. The Balaban J connectivity index is 2.04. The zero-order valence-electron chi connectivity index (χ0n) is 9.16. The van der Waals surface area contributed by atoms with Gasteiger partial charge < -0.3 is 10.7 Å². The molecule has 3 heterocycles. The number of nitrogens with two attached hydrogens (primary N) is 1. The molecule has 18 heavy (non-hydrogen) atoms. The smallest absolute Gasteiger partial charge is 0.251 e. The van der Waals surface area contributed by atoms with E-state index in [0.29, 0.717) is 11.7 Å². The number of rotatable bonds is 3. The van der Waals surface area contributed by atoms with Gasteiger partial charge in [0.25, 0.3) is 5.56 Å². The van der Waals surface area contributed by atoms with Gasteiger partial charge in [-0.15, -0.1) is 11.3 Å². The molecule has 6 nitrogen and oxygen atoms in total. The van der Waals surface area contributed by atoms with Crippen LogP contribution in [0.25, 0.3) is 4.96 Å². The molecule has 0 aliphatic heterocycles. The first-order valence-corrected chi connectivity index (χ1v) is 6.85. The van der Waals surface area contributed by atoms with Crippen molar-refractivity contribution in [3.63, 3.8) is 0 Å². The Morgan fingerprint density at radius 1 is 1.56 bits per heavy atom. The lowest BCUT2D eigenvalue weighted by atomic mass is 10.5. The molecular weight excluding hydrogens is 270 g/mol. The van der Waals surface area contributed by atoms with E-state index in [0.717, 1.165) is 15.7 Å². The quantitative estimate of drug-likeness (QED) is 0.701. The second kappa shape index (κ2) is 4.56. The summed E-state index contributed by atoms with van der Waals surface area (Å²) in [5.74, 6) is 0. The van der Waals surface area contributed by atoms with Gasteiger partial charge >= 0.3 is 0 Å². The number of nitrogens with zero attached hydrogens (tertiary/aromatic N) is 3. The maximum atomic E-state index is 11.2. The summed E-state index contributed by atoms with van der Waals surface area (Å²) in [6, 6.07) is 1.37. The van der Waals surface area contributed by atoms with Crippen molar-refractivity contribution in [2.24, 2.45) is 5.73 Å². The van der Waals surface area contributed by atoms with Crippen LogP contribution in [0.2, 0.25) is 0 Å². The van der Waals surface area contributed by atoms with Crippen molar-refractivity contribution in [2.75, 3.05) is 0 Å². The van der Waals surface area contributed by atoms with Crippen molar-refractivity contribution >= 4 is 28.1 Å². The molecule has 3 N–H and O–H groups in total. The van der Waals surface area contributed by atoms with Crippen molar-refractivity contribution in [3.05, 3.63) is 39.9 Å². The minimum atomic E-state index is -0.178. The summed E-state index contributed by atoms with van der Waals surface area (Å²) < 4.78 is 1.95. The highest BCUT2D eigenvalue weighted by atomic mass is 32.2. The minimum Gasteiger partial charge on any atom is -0.325 e. The Morgan fingerprint density at radius 3 is 3.22 bits per heavy atom. The van der Waals surface area contributed by atoms with Crippen LogP contribution >= 0.6 is 23.1 Å². The molecule has 0 saturated carbocycles. The van der Waals surface area contributed by atoms with E-state index in [9.17, 15) is 4.79 Å². The first-order chi connectivity index (χ1) is 8.78. The highest BCUT2D eigenvalue weighted by Gasteiger charge is 2.13. The molecule has 8 heteroatoms. The molecule has 0 spiro atoms. The lowest BCUT2D eigenvalue weighted by molar-refractivity contribution is 0.907. The number of hydrogen-bond donors (Lipinski definition) is 2. The Labute approximate surface area is 110 Å².